The zero-order valence-electron chi connectivity index (χ0n) is 22.2. The van der Waals surface area contributed by atoms with Crippen LogP contribution in [0, 0.1) is 5.82 Å². The van der Waals surface area contributed by atoms with Crippen LogP contribution in [0.15, 0.2) is 60.7 Å². The van der Waals surface area contributed by atoms with Crippen LogP contribution in [0.25, 0.3) is 11.3 Å². The second kappa shape index (κ2) is 10.6. The molecule has 3 aromatic carbocycles. The highest BCUT2D eigenvalue weighted by Crippen LogP contribution is 2.40. The van der Waals surface area contributed by atoms with Gasteiger partial charge in [-0.25, -0.2) is 9.07 Å². The normalized spacial score (nSPS) is 15.2. The van der Waals surface area contributed by atoms with Gasteiger partial charge in [-0.05, 0) is 36.6 Å². The third-order valence-electron chi connectivity index (χ3n) is 7.83. The number of aromatic nitrogens is 2. The molecular formula is C31H31FN4O4. The Morgan fingerprint density at radius 1 is 1.02 bits per heavy atom. The third-order valence-corrected chi connectivity index (χ3v) is 7.83. The number of carbonyl (C=O) groups excluding carboxylic acids is 1. The average molecular weight is 543 g/mol. The molecule has 0 spiro atoms. The summed E-state index contributed by atoms with van der Waals surface area (Å²) in [7, 11) is 1.62. The summed E-state index contributed by atoms with van der Waals surface area (Å²) in [6.45, 7) is 0.322. The second-order valence-corrected chi connectivity index (χ2v) is 10.4. The van der Waals surface area contributed by atoms with Crippen molar-refractivity contribution in [3.63, 3.8) is 0 Å². The molecule has 2 heterocycles. The van der Waals surface area contributed by atoms with Crippen molar-refractivity contribution >= 4 is 17.4 Å². The Kier molecular flexibility index (Phi) is 6.79. The first-order valence-corrected chi connectivity index (χ1v) is 13.5. The number of hydrogen-bond donors (Lipinski definition) is 3. The average Bonchev–Trinajstić information content (AvgIpc) is 3.59. The smallest absolute Gasteiger partial charge is 0.260 e. The maximum absolute atomic E-state index is 14.4. The van der Waals surface area contributed by atoms with Gasteiger partial charge in [0.1, 0.15) is 34.4 Å². The van der Waals surface area contributed by atoms with Crippen LogP contribution in [0.3, 0.4) is 0 Å². The predicted molar refractivity (Wildman–Crippen MR) is 149 cm³/mol. The lowest BCUT2D eigenvalue weighted by Gasteiger charge is -2.25. The Morgan fingerprint density at radius 2 is 1.82 bits per heavy atom. The van der Waals surface area contributed by atoms with E-state index in [1.807, 2.05) is 35.0 Å². The van der Waals surface area contributed by atoms with Gasteiger partial charge in [0.25, 0.3) is 5.91 Å². The van der Waals surface area contributed by atoms with E-state index in [-0.39, 0.29) is 47.7 Å². The lowest BCUT2D eigenvalue weighted by Crippen LogP contribution is -2.26. The highest BCUT2D eigenvalue weighted by Gasteiger charge is 2.31. The van der Waals surface area contributed by atoms with Gasteiger partial charge in [0.2, 0.25) is 0 Å². The maximum Gasteiger partial charge on any atom is 0.260 e. The number of nitrogens with one attached hydrogen (secondary N) is 1. The lowest BCUT2D eigenvalue weighted by atomic mass is 9.96. The first-order chi connectivity index (χ1) is 19.4. The second-order valence-electron chi connectivity index (χ2n) is 10.4. The molecule has 8 nitrogen and oxygen atoms in total. The molecule has 1 aromatic heterocycles. The first-order valence-electron chi connectivity index (χ1n) is 13.5. The summed E-state index contributed by atoms with van der Waals surface area (Å²) in [5.74, 6) is -0.0686. The number of halogens is 1. The molecule has 0 bridgehead atoms. The summed E-state index contributed by atoms with van der Waals surface area (Å²) >= 11 is 0. The lowest BCUT2D eigenvalue weighted by molar-refractivity contribution is 0.0748. The predicted octanol–water partition coefficient (Wildman–Crippen LogP) is 6.51. The van der Waals surface area contributed by atoms with E-state index < -0.39 is 5.91 Å². The number of fused-ring (bicyclic) bond motifs is 1. The number of phenols is 2. The van der Waals surface area contributed by atoms with Crippen LogP contribution >= 0.6 is 0 Å². The van der Waals surface area contributed by atoms with Crippen molar-refractivity contribution in [2.24, 2.45) is 0 Å². The van der Waals surface area contributed by atoms with Gasteiger partial charge in [0.15, 0.2) is 0 Å². The number of rotatable bonds is 6. The van der Waals surface area contributed by atoms with E-state index in [2.05, 4.69) is 5.32 Å². The molecule has 2 aliphatic rings. The van der Waals surface area contributed by atoms with Gasteiger partial charge in [0.05, 0.1) is 24.5 Å². The summed E-state index contributed by atoms with van der Waals surface area (Å²) in [4.78, 5) is 15.2. The molecule has 206 valence electrons. The number of amides is 1. The molecule has 0 radical (unpaired) electrons. The third kappa shape index (κ3) is 4.72. The maximum atomic E-state index is 14.4. The van der Waals surface area contributed by atoms with Gasteiger partial charge in [-0.3, -0.25) is 4.79 Å². The van der Waals surface area contributed by atoms with Gasteiger partial charge in [0, 0.05) is 42.4 Å². The molecule has 1 saturated carbocycles. The van der Waals surface area contributed by atoms with Crippen LogP contribution in [0.4, 0.5) is 15.9 Å². The van der Waals surface area contributed by atoms with Crippen molar-refractivity contribution in [1.29, 1.82) is 0 Å². The molecule has 40 heavy (non-hydrogen) atoms. The number of ether oxygens (including phenoxy) is 1. The van der Waals surface area contributed by atoms with Crippen LogP contribution in [0.5, 0.6) is 17.2 Å². The van der Waals surface area contributed by atoms with Crippen LogP contribution < -0.4 is 10.1 Å². The fourth-order valence-corrected chi connectivity index (χ4v) is 5.84. The van der Waals surface area contributed by atoms with E-state index in [1.54, 1.807) is 19.2 Å². The summed E-state index contributed by atoms with van der Waals surface area (Å²) < 4.78 is 21.9. The Bertz CT molecular complexity index is 1580. The highest BCUT2D eigenvalue weighted by molar-refractivity contribution is 6.03. The molecule has 9 heteroatoms. The van der Waals surface area contributed by atoms with E-state index >= 15 is 0 Å². The Morgan fingerprint density at radius 3 is 2.60 bits per heavy atom. The minimum absolute atomic E-state index is 0.00116. The molecule has 0 saturated heterocycles. The number of phenolic OH excluding ortho intramolecular Hbond substituents is 2. The van der Waals surface area contributed by atoms with Crippen molar-refractivity contribution in [3.8, 4) is 28.5 Å². The van der Waals surface area contributed by atoms with E-state index in [9.17, 15) is 19.4 Å². The summed E-state index contributed by atoms with van der Waals surface area (Å²) in [5.41, 5.74) is 2.98. The van der Waals surface area contributed by atoms with Crippen LogP contribution in [-0.2, 0) is 13.1 Å². The number of para-hydroxylation sites is 1. The number of methoxy groups -OCH3 is 1. The number of nitrogens with zero attached hydrogens (tertiary/aromatic N) is 3. The molecule has 4 aromatic rings. The Hall–Kier alpha value is -4.53. The summed E-state index contributed by atoms with van der Waals surface area (Å²) in [6.07, 6.45) is 5.30. The number of carbonyl (C=O) groups is 1. The number of aromatic hydroxyl groups is 2. The molecule has 0 unspecified atom stereocenters. The molecule has 1 aliphatic carbocycles. The largest absolute Gasteiger partial charge is 0.508 e. The van der Waals surface area contributed by atoms with Crippen molar-refractivity contribution < 1.29 is 24.1 Å². The fraction of sp³-hybridized carbons (Fsp3) is 0.290. The van der Waals surface area contributed by atoms with Gasteiger partial charge in [-0.1, -0.05) is 43.5 Å². The van der Waals surface area contributed by atoms with E-state index in [4.69, 9.17) is 9.84 Å². The number of anilines is 2. The molecule has 1 aliphatic heterocycles. The summed E-state index contributed by atoms with van der Waals surface area (Å²) in [5, 5.41) is 29.5. The van der Waals surface area contributed by atoms with Gasteiger partial charge < -0.3 is 25.2 Å². The van der Waals surface area contributed by atoms with Crippen molar-refractivity contribution in [1.82, 2.24) is 14.7 Å². The highest BCUT2D eigenvalue weighted by atomic mass is 19.1. The zero-order chi connectivity index (χ0) is 27.8. The minimum atomic E-state index is -0.468. The fourth-order valence-electron chi connectivity index (χ4n) is 5.84. The van der Waals surface area contributed by atoms with Crippen LogP contribution in [0.2, 0.25) is 0 Å². The molecule has 1 fully saturated rings. The van der Waals surface area contributed by atoms with Crippen molar-refractivity contribution in [2.45, 2.75) is 51.2 Å². The number of hydrogen-bond acceptors (Lipinski definition) is 6. The molecule has 0 atom stereocenters. The van der Waals surface area contributed by atoms with Crippen molar-refractivity contribution in [3.05, 3.63) is 83.2 Å². The van der Waals surface area contributed by atoms with E-state index in [0.717, 1.165) is 42.9 Å². The zero-order valence-corrected chi connectivity index (χ0v) is 22.2. The first kappa shape index (κ1) is 25.7. The number of benzene rings is 3. The minimum Gasteiger partial charge on any atom is -0.508 e. The molecular weight excluding hydrogens is 511 g/mol. The topological polar surface area (TPSA) is 99.8 Å². The van der Waals surface area contributed by atoms with Gasteiger partial charge >= 0.3 is 0 Å². The standard InChI is InChI=1S/C31H31FN4O4/c1-40-28-13-6-5-11-22(28)25-16-29(36(34-25)20-9-3-2-4-10-20)33-26-14-21(37)15-27(38)30(26)31(39)35-17-19-8-7-12-24(32)23(19)18-35/h5-8,11-16,20,33,37-38H,2-4,9-10,17-18H2,1H3. The monoisotopic (exact) mass is 542 g/mol. The quantitative estimate of drug-likeness (QED) is 0.257. The Labute approximate surface area is 231 Å². The Balaban J connectivity index is 1.39. The van der Waals surface area contributed by atoms with Crippen LogP contribution in [0.1, 0.15) is 59.6 Å². The molecule has 3 N–H and O–H groups in total. The van der Waals surface area contributed by atoms with Crippen molar-refractivity contribution in [2.75, 3.05) is 12.4 Å². The van der Waals surface area contributed by atoms with Crippen LogP contribution in [-0.4, -0.2) is 37.9 Å². The van der Waals surface area contributed by atoms with Gasteiger partial charge in [-0.2, -0.15) is 5.10 Å². The van der Waals surface area contributed by atoms with Gasteiger partial charge in [-0.15, -0.1) is 0 Å². The van der Waals surface area contributed by atoms with E-state index in [1.165, 1.54) is 23.5 Å². The summed E-state index contributed by atoms with van der Waals surface area (Å²) in [6, 6.07) is 17.0. The van der Waals surface area contributed by atoms with E-state index in [0.29, 0.717) is 22.8 Å². The molecule has 1 amide bonds. The molecule has 6 rings (SSSR count). The SMILES string of the molecule is COc1ccccc1-c1cc(Nc2cc(O)cc(O)c2C(=O)N2Cc3cccc(F)c3C2)n(C2CCCCC2)n1.